The van der Waals surface area contributed by atoms with Crippen molar-refractivity contribution < 1.29 is 9.90 Å². The fraction of sp³-hybridized carbons (Fsp3) is 0.231. The van der Waals surface area contributed by atoms with E-state index in [2.05, 4.69) is 15.5 Å². The number of nitrogen functional groups attached to an aromatic ring is 1. The minimum Gasteiger partial charge on any atom is -0.390 e. The first-order chi connectivity index (χ1) is 9.15. The third-order valence-corrected chi connectivity index (χ3v) is 3.33. The quantitative estimate of drug-likeness (QED) is 0.625. The number of hydrogen-bond donors (Lipinski definition) is 4. The number of carbonyl (C=O) groups is 1. The fourth-order valence-electron chi connectivity index (χ4n) is 2.42. The van der Waals surface area contributed by atoms with E-state index in [1.54, 1.807) is 0 Å². The maximum absolute atomic E-state index is 12.0. The summed E-state index contributed by atoms with van der Waals surface area (Å²) in [7, 11) is 0. The van der Waals surface area contributed by atoms with Gasteiger partial charge in [-0.15, -0.1) is 0 Å². The number of H-pyrrole nitrogens is 1. The Bertz CT molecular complexity index is 623. The molecule has 0 radical (unpaired) electrons. The lowest BCUT2D eigenvalue weighted by atomic mass is 10.1. The zero-order valence-electron chi connectivity index (χ0n) is 10.1. The standard InChI is InChI=1S/C13H14N4O2/c14-11-6-9(16-17-11)13(19)15-12-8-4-2-1-3-7(8)5-10(12)18/h1-4,6,10,12,18H,5H2,(H,15,19)(H3,14,16,17)/t10-,12+/m1/s1. The van der Waals surface area contributed by atoms with Crippen LogP contribution in [0.25, 0.3) is 0 Å². The van der Waals surface area contributed by atoms with Crippen LogP contribution in [0.5, 0.6) is 0 Å². The van der Waals surface area contributed by atoms with Gasteiger partial charge in [-0.1, -0.05) is 24.3 Å². The molecule has 1 aliphatic carbocycles. The van der Waals surface area contributed by atoms with Crippen molar-refractivity contribution in [2.24, 2.45) is 0 Å². The average Bonchev–Trinajstić information content (AvgIpc) is 2.95. The highest BCUT2D eigenvalue weighted by molar-refractivity contribution is 5.93. The van der Waals surface area contributed by atoms with Gasteiger partial charge < -0.3 is 16.2 Å². The Labute approximate surface area is 109 Å². The lowest BCUT2D eigenvalue weighted by molar-refractivity contribution is 0.0853. The molecule has 1 aliphatic rings. The summed E-state index contributed by atoms with van der Waals surface area (Å²) in [5.74, 6) is -0.0672. The van der Waals surface area contributed by atoms with Crippen molar-refractivity contribution in [3.63, 3.8) is 0 Å². The molecule has 2 aromatic rings. The first-order valence-corrected chi connectivity index (χ1v) is 6.03. The van der Waals surface area contributed by atoms with Crippen LogP contribution in [0.3, 0.4) is 0 Å². The molecule has 1 aromatic carbocycles. The van der Waals surface area contributed by atoms with Crippen molar-refractivity contribution in [3.05, 3.63) is 47.2 Å². The monoisotopic (exact) mass is 258 g/mol. The number of hydrogen-bond acceptors (Lipinski definition) is 4. The smallest absolute Gasteiger partial charge is 0.269 e. The second-order valence-electron chi connectivity index (χ2n) is 4.63. The van der Waals surface area contributed by atoms with Gasteiger partial charge in [0, 0.05) is 12.5 Å². The molecule has 5 N–H and O–H groups in total. The topological polar surface area (TPSA) is 104 Å². The minimum absolute atomic E-state index is 0.262. The van der Waals surface area contributed by atoms with Crippen LogP contribution in [0.4, 0.5) is 5.82 Å². The van der Waals surface area contributed by atoms with Crippen LogP contribution in [-0.4, -0.2) is 27.3 Å². The van der Waals surface area contributed by atoms with Gasteiger partial charge in [0.1, 0.15) is 11.5 Å². The lowest BCUT2D eigenvalue weighted by Crippen LogP contribution is -2.34. The molecule has 2 atom stereocenters. The van der Waals surface area contributed by atoms with E-state index in [4.69, 9.17) is 5.73 Å². The molecule has 3 rings (SSSR count). The molecule has 0 spiro atoms. The van der Waals surface area contributed by atoms with Gasteiger partial charge in [-0.2, -0.15) is 5.10 Å². The van der Waals surface area contributed by atoms with Gasteiger partial charge >= 0.3 is 0 Å². The normalized spacial score (nSPS) is 21.1. The highest BCUT2D eigenvalue weighted by atomic mass is 16.3. The summed E-state index contributed by atoms with van der Waals surface area (Å²) in [6, 6.07) is 8.75. The van der Waals surface area contributed by atoms with Crippen molar-refractivity contribution >= 4 is 11.7 Å². The summed E-state index contributed by atoms with van der Waals surface area (Å²) in [4.78, 5) is 12.0. The number of nitrogens with zero attached hydrogens (tertiary/aromatic N) is 1. The summed E-state index contributed by atoms with van der Waals surface area (Å²) in [5.41, 5.74) is 7.76. The predicted octanol–water partition coefficient (Wildman–Crippen LogP) is 0.380. The molecule has 0 bridgehead atoms. The molecule has 0 saturated heterocycles. The Hall–Kier alpha value is -2.34. The summed E-state index contributed by atoms with van der Waals surface area (Å²) < 4.78 is 0. The zero-order chi connectivity index (χ0) is 13.4. The maximum Gasteiger partial charge on any atom is 0.269 e. The summed E-state index contributed by atoms with van der Waals surface area (Å²) in [5, 5.41) is 19.1. The molecule has 98 valence electrons. The van der Waals surface area contributed by atoms with Gasteiger partial charge in [-0.3, -0.25) is 9.89 Å². The summed E-state index contributed by atoms with van der Waals surface area (Å²) in [6.45, 7) is 0. The van der Waals surface area contributed by atoms with E-state index in [0.717, 1.165) is 11.1 Å². The predicted molar refractivity (Wildman–Crippen MR) is 69.4 cm³/mol. The highest BCUT2D eigenvalue weighted by Gasteiger charge is 2.32. The van der Waals surface area contributed by atoms with Crippen LogP contribution in [0.1, 0.15) is 27.7 Å². The summed E-state index contributed by atoms with van der Waals surface area (Å²) in [6.07, 6.45) is -0.0618. The molecule has 0 saturated carbocycles. The minimum atomic E-state index is -0.610. The van der Waals surface area contributed by atoms with Crippen molar-refractivity contribution in [1.29, 1.82) is 0 Å². The molecule has 6 nitrogen and oxygen atoms in total. The SMILES string of the molecule is Nc1cc(C(=O)N[C@H]2c3ccccc3C[C@H]2O)[nH]n1. The Balaban J connectivity index is 1.82. The molecule has 0 unspecified atom stereocenters. The number of nitrogens with one attached hydrogen (secondary N) is 2. The van der Waals surface area contributed by atoms with Gasteiger partial charge in [-0.25, -0.2) is 0 Å². The number of amides is 1. The number of rotatable bonds is 2. The van der Waals surface area contributed by atoms with Gasteiger partial charge in [0.2, 0.25) is 0 Å². The van der Waals surface area contributed by atoms with Gasteiger partial charge in [0.25, 0.3) is 5.91 Å². The van der Waals surface area contributed by atoms with Crippen LogP contribution in [-0.2, 0) is 6.42 Å². The molecule has 0 aliphatic heterocycles. The number of aliphatic hydroxyl groups excluding tert-OH is 1. The third kappa shape index (κ3) is 2.06. The van der Waals surface area contributed by atoms with E-state index in [0.29, 0.717) is 6.42 Å². The molecular formula is C13H14N4O2. The second kappa shape index (κ2) is 4.40. The molecule has 19 heavy (non-hydrogen) atoms. The molecule has 1 heterocycles. The van der Waals surface area contributed by atoms with Crippen molar-refractivity contribution in [2.75, 3.05) is 5.73 Å². The van der Waals surface area contributed by atoms with Crippen molar-refractivity contribution in [1.82, 2.24) is 15.5 Å². The number of fused-ring (bicyclic) bond motifs is 1. The van der Waals surface area contributed by atoms with Gasteiger partial charge in [-0.05, 0) is 11.1 Å². The number of nitrogens with two attached hydrogens (primary N) is 1. The Morgan fingerprint density at radius 1 is 1.47 bits per heavy atom. The number of aromatic nitrogens is 2. The zero-order valence-corrected chi connectivity index (χ0v) is 10.1. The molecule has 1 amide bonds. The molecular weight excluding hydrogens is 244 g/mol. The van der Waals surface area contributed by atoms with Gasteiger partial charge in [0.15, 0.2) is 0 Å². The van der Waals surface area contributed by atoms with E-state index in [1.165, 1.54) is 6.07 Å². The first kappa shape index (κ1) is 11.7. The number of aromatic amines is 1. The van der Waals surface area contributed by atoms with E-state index in [9.17, 15) is 9.90 Å². The van der Waals surface area contributed by atoms with E-state index < -0.39 is 12.1 Å². The molecule has 0 fully saturated rings. The van der Waals surface area contributed by atoms with Crippen LogP contribution in [0.15, 0.2) is 30.3 Å². The second-order valence-corrected chi connectivity index (χ2v) is 4.63. The van der Waals surface area contributed by atoms with E-state index in [-0.39, 0.29) is 17.4 Å². The first-order valence-electron chi connectivity index (χ1n) is 6.03. The Morgan fingerprint density at radius 3 is 3.00 bits per heavy atom. The van der Waals surface area contributed by atoms with Crippen LogP contribution in [0.2, 0.25) is 0 Å². The largest absolute Gasteiger partial charge is 0.390 e. The summed E-state index contributed by atoms with van der Waals surface area (Å²) >= 11 is 0. The maximum atomic E-state index is 12.0. The average molecular weight is 258 g/mol. The van der Waals surface area contributed by atoms with E-state index in [1.807, 2.05) is 24.3 Å². The molecule has 6 heteroatoms. The van der Waals surface area contributed by atoms with Crippen molar-refractivity contribution in [3.8, 4) is 0 Å². The highest BCUT2D eigenvalue weighted by Crippen LogP contribution is 2.31. The van der Waals surface area contributed by atoms with Crippen LogP contribution in [0, 0.1) is 0 Å². The van der Waals surface area contributed by atoms with E-state index >= 15 is 0 Å². The third-order valence-electron chi connectivity index (χ3n) is 3.33. The van der Waals surface area contributed by atoms with Crippen LogP contribution < -0.4 is 11.1 Å². The van der Waals surface area contributed by atoms with Crippen molar-refractivity contribution in [2.45, 2.75) is 18.6 Å². The number of aliphatic hydroxyl groups is 1. The number of carbonyl (C=O) groups excluding carboxylic acids is 1. The molecule has 1 aromatic heterocycles. The number of anilines is 1. The Kier molecular flexibility index (Phi) is 2.72. The van der Waals surface area contributed by atoms with Gasteiger partial charge in [0.05, 0.1) is 12.1 Å². The fourth-order valence-corrected chi connectivity index (χ4v) is 2.42. The Morgan fingerprint density at radius 2 is 2.26 bits per heavy atom. The lowest BCUT2D eigenvalue weighted by Gasteiger charge is -2.17. The number of benzene rings is 1. The van der Waals surface area contributed by atoms with Crippen LogP contribution >= 0.6 is 0 Å².